The van der Waals surface area contributed by atoms with Crippen molar-refractivity contribution in [3.05, 3.63) is 17.7 Å². The van der Waals surface area contributed by atoms with E-state index in [9.17, 15) is 0 Å². The van der Waals surface area contributed by atoms with Crippen LogP contribution in [0.5, 0.6) is 0 Å². The molecule has 0 radical (unpaired) electrons. The van der Waals surface area contributed by atoms with Crippen LogP contribution in [0.25, 0.3) is 0 Å². The molecular formula is C7H13N2O+. The summed E-state index contributed by atoms with van der Waals surface area (Å²) in [6.45, 7) is 2.11. The van der Waals surface area contributed by atoms with Gasteiger partial charge in [-0.1, -0.05) is 0 Å². The summed E-state index contributed by atoms with van der Waals surface area (Å²) in [5.74, 6) is 0.928. The summed E-state index contributed by atoms with van der Waals surface area (Å²) in [7, 11) is 3.87. The van der Waals surface area contributed by atoms with E-state index in [1.807, 2.05) is 36.4 Å². The molecule has 1 aromatic heterocycles. The van der Waals surface area contributed by atoms with Crippen LogP contribution in [0.15, 0.2) is 6.20 Å². The maximum atomic E-state index is 8.87. The van der Waals surface area contributed by atoms with Gasteiger partial charge in [0.25, 0.3) is 5.82 Å². The van der Waals surface area contributed by atoms with E-state index in [0.717, 1.165) is 11.5 Å². The molecule has 0 fully saturated rings. The van der Waals surface area contributed by atoms with E-state index in [1.54, 1.807) is 0 Å². The van der Waals surface area contributed by atoms with E-state index in [0.29, 0.717) is 0 Å². The van der Waals surface area contributed by atoms with Gasteiger partial charge in [0.15, 0.2) is 0 Å². The Morgan fingerprint density at radius 1 is 1.70 bits per heavy atom. The molecule has 0 spiro atoms. The molecule has 0 bridgehead atoms. The molecular weight excluding hydrogens is 128 g/mol. The number of hydrogen-bond acceptors (Lipinski definition) is 1. The molecule has 0 aliphatic rings. The van der Waals surface area contributed by atoms with Crippen LogP contribution in [0.4, 0.5) is 0 Å². The minimum Gasteiger partial charge on any atom is -0.384 e. The van der Waals surface area contributed by atoms with E-state index < -0.39 is 0 Å². The Labute approximate surface area is 60.5 Å². The van der Waals surface area contributed by atoms with E-state index in [4.69, 9.17) is 5.11 Å². The third-order valence-electron chi connectivity index (χ3n) is 1.85. The molecule has 1 rings (SSSR count). The number of imidazole rings is 1. The van der Waals surface area contributed by atoms with E-state index in [2.05, 4.69) is 0 Å². The molecule has 0 aromatic carbocycles. The molecule has 1 aromatic rings. The molecule has 0 atom stereocenters. The molecule has 1 N–H and O–H groups in total. The molecule has 0 saturated carbocycles. The predicted octanol–water partition coefficient (Wildman–Crippen LogP) is -0.350. The first kappa shape index (κ1) is 7.28. The summed E-state index contributed by atoms with van der Waals surface area (Å²) in [6, 6.07) is 0. The Balaban J connectivity index is 3.20. The van der Waals surface area contributed by atoms with Crippen molar-refractivity contribution in [3.63, 3.8) is 0 Å². The quantitative estimate of drug-likeness (QED) is 0.532. The van der Waals surface area contributed by atoms with Crippen molar-refractivity contribution in [2.24, 2.45) is 14.1 Å². The molecule has 0 aliphatic carbocycles. The second kappa shape index (κ2) is 2.42. The van der Waals surface area contributed by atoms with Crippen molar-refractivity contribution in [3.8, 4) is 0 Å². The Morgan fingerprint density at radius 2 is 2.30 bits per heavy atom. The van der Waals surface area contributed by atoms with Crippen LogP contribution in [0.2, 0.25) is 0 Å². The highest BCUT2D eigenvalue weighted by Crippen LogP contribution is 1.95. The average molecular weight is 141 g/mol. The van der Waals surface area contributed by atoms with Crippen LogP contribution in [0.3, 0.4) is 0 Å². The van der Waals surface area contributed by atoms with Crippen LogP contribution < -0.4 is 4.57 Å². The van der Waals surface area contributed by atoms with Crippen LogP contribution in [-0.4, -0.2) is 9.67 Å². The van der Waals surface area contributed by atoms with Gasteiger partial charge in [-0.2, -0.15) is 0 Å². The standard InChI is InChI=1S/C7H13N2O/c1-6-4-8(2)7(5-10)9(6)3/h4,10H,5H2,1-3H3/q+1. The lowest BCUT2D eigenvalue weighted by Crippen LogP contribution is -2.34. The molecule has 3 heteroatoms. The third kappa shape index (κ3) is 0.926. The third-order valence-corrected chi connectivity index (χ3v) is 1.85. The van der Waals surface area contributed by atoms with Crippen molar-refractivity contribution in [2.75, 3.05) is 0 Å². The van der Waals surface area contributed by atoms with Crippen molar-refractivity contribution < 1.29 is 9.67 Å². The summed E-state index contributed by atoms with van der Waals surface area (Å²) in [5.41, 5.74) is 1.16. The second-order valence-corrected chi connectivity index (χ2v) is 2.51. The first-order valence-electron chi connectivity index (χ1n) is 3.28. The Morgan fingerprint density at radius 3 is 2.50 bits per heavy atom. The van der Waals surface area contributed by atoms with Gasteiger partial charge < -0.3 is 5.11 Å². The minimum absolute atomic E-state index is 0.0981. The van der Waals surface area contributed by atoms with Gasteiger partial charge in [-0.05, 0) is 0 Å². The number of rotatable bonds is 1. The molecule has 3 nitrogen and oxygen atoms in total. The van der Waals surface area contributed by atoms with Crippen LogP contribution >= 0.6 is 0 Å². The zero-order valence-corrected chi connectivity index (χ0v) is 6.63. The highest BCUT2D eigenvalue weighted by molar-refractivity contribution is 4.89. The van der Waals surface area contributed by atoms with Crippen LogP contribution in [0, 0.1) is 6.92 Å². The topological polar surface area (TPSA) is 29.0 Å². The van der Waals surface area contributed by atoms with Gasteiger partial charge in [-0.15, -0.1) is 0 Å². The van der Waals surface area contributed by atoms with Crippen molar-refractivity contribution >= 4 is 0 Å². The van der Waals surface area contributed by atoms with Gasteiger partial charge in [0.2, 0.25) is 0 Å². The number of nitrogens with zero attached hydrogens (tertiary/aromatic N) is 2. The fourth-order valence-corrected chi connectivity index (χ4v) is 1.10. The van der Waals surface area contributed by atoms with E-state index in [-0.39, 0.29) is 6.61 Å². The van der Waals surface area contributed by atoms with Crippen molar-refractivity contribution in [1.29, 1.82) is 0 Å². The van der Waals surface area contributed by atoms with Crippen molar-refractivity contribution in [1.82, 2.24) is 4.57 Å². The normalized spacial score (nSPS) is 10.4. The zero-order chi connectivity index (χ0) is 7.72. The van der Waals surface area contributed by atoms with Gasteiger partial charge in [-0.25, -0.2) is 9.13 Å². The minimum atomic E-state index is 0.0981. The van der Waals surface area contributed by atoms with Crippen LogP contribution in [-0.2, 0) is 20.7 Å². The summed E-state index contributed by atoms with van der Waals surface area (Å²) in [6.07, 6.45) is 1.99. The number of aliphatic hydroxyl groups excluding tert-OH is 1. The van der Waals surface area contributed by atoms with E-state index >= 15 is 0 Å². The molecule has 0 aliphatic heterocycles. The first-order valence-corrected chi connectivity index (χ1v) is 3.28. The summed E-state index contributed by atoms with van der Waals surface area (Å²) in [5, 5.41) is 8.87. The van der Waals surface area contributed by atoms with Gasteiger partial charge in [0.1, 0.15) is 18.5 Å². The zero-order valence-electron chi connectivity index (χ0n) is 6.63. The largest absolute Gasteiger partial charge is 0.384 e. The number of aryl methyl sites for hydroxylation is 2. The summed E-state index contributed by atoms with van der Waals surface area (Å²) in [4.78, 5) is 0. The molecule has 10 heavy (non-hydrogen) atoms. The van der Waals surface area contributed by atoms with Gasteiger partial charge >= 0.3 is 0 Å². The summed E-state index contributed by atoms with van der Waals surface area (Å²) < 4.78 is 3.90. The highest BCUT2D eigenvalue weighted by Gasteiger charge is 2.12. The van der Waals surface area contributed by atoms with Gasteiger partial charge in [-0.3, -0.25) is 0 Å². The molecule has 0 amide bonds. The number of aromatic nitrogens is 2. The van der Waals surface area contributed by atoms with Gasteiger partial charge in [0.05, 0.1) is 14.1 Å². The fraction of sp³-hybridized carbons (Fsp3) is 0.571. The second-order valence-electron chi connectivity index (χ2n) is 2.51. The predicted molar refractivity (Wildman–Crippen MR) is 37.2 cm³/mol. The van der Waals surface area contributed by atoms with Crippen molar-refractivity contribution in [2.45, 2.75) is 13.5 Å². The average Bonchev–Trinajstić information content (AvgIpc) is 2.09. The smallest absolute Gasteiger partial charge is 0.282 e. The maximum Gasteiger partial charge on any atom is 0.282 e. The summed E-state index contributed by atoms with van der Waals surface area (Å²) >= 11 is 0. The lowest BCUT2D eigenvalue weighted by Gasteiger charge is -1.91. The maximum absolute atomic E-state index is 8.87. The lowest BCUT2D eigenvalue weighted by atomic mass is 10.5. The van der Waals surface area contributed by atoms with Crippen LogP contribution in [0.1, 0.15) is 11.5 Å². The first-order chi connectivity index (χ1) is 4.66. The highest BCUT2D eigenvalue weighted by atomic mass is 16.3. The Bertz CT molecular complexity index is 240. The van der Waals surface area contributed by atoms with E-state index in [1.165, 1.54) is 0 Å². The Kier molecular flexibility index (Phi) is 1.76. The Hall–Kier alpha value is -0.830. The number of hydrogen-bond donors (Lipinski definition) is 1. The lowest BCUT2D eigenvalue weighted by molar-refractivity contribution is -0.686. The molecule has 1 heterocycles. The molecule has 0 saturated heterocycles. The van der Waals surface area contributed by atoms with Gasteiger partial charge in [0, 0.05) is 6.92 Å². The monoisotopic (exact) mass is 141 g/mol. The molecule has 0 unspecified atom stereocenters. The molecule has 56 valence electrons. The number of aliphatic hydroxyl groups is 1. The SMILES string of the molecule is Cc1cn(C)c(CO)[n+]1C. The fourth-order valence-electron chi connectivity index (χ4n) is 1.10.